The molecule has 0 radical (unpaired) electrons. The van der Waals surface area contributed by atoms with Crippen LogP contribution in [0.4, 0.5) is 5.69 Å². The van der Waals surface area contributed by atoms with Crippen molar-refractivity contribution < 1.29 is 9.59 Å². The van der Waals surface area contributed by atoms with Crippen molar-refractivity contribution in [1.82, 2.24) is 5.32 Å². The van der Waals surface area contributed by atoms with Crippen LogP contribution in [-0.2, 0) is 4.79 Å². The molecule has 0 heterocycles. The summed E-state index contributed by atoms with van der Waals surface area (Å²) >= 11 is 0. The molecule has 0 bridgehead atoms. The van der Waals surface area contributed by atoms with Gasteiger partial charge in [0, 0.05) is 24.2 Å². The summed E-state index contributed by atoms with van der Waals surface area (Å²) in [5, 5.41) is 5.86. The van der Waals surface area contributed by atoms with Gasteiger partial charge in [-0.3, -0.25) is 9.59 Å². The Bertz CT molecular complexity index is 586. The van der Waals surface area contributed by atoms with E-state index in [1.807, 2.05) is 13.0 Å². The molecule has 1 rings (SSSR count). The SMILES string of the molecule is Cc1cc(C(=O)NCC(C)C)ccc1NC(=O)CC(C)C(C)(C)C. The smallest absolute Gasteiger partial charge is 0.251 e. The highest BCUT2D eigenvalue weighted by Gasteiger charge is 2.22. The van der Waals surface area contributed by atoms with Gasteiger partial charge in [-0.1, -0.05) is 41.5 Å². The molecule has 0 saturated heterocycles. The summed E-state index contributed by atoms with van der Waals surface area (Å²) in [5.41, 5.74) is 2.38. The molecule has 0 spiro atoms. The minimum atomic E-state index is -0.0777. The van der Waals surface area contributed by atoms with Crippen LogP contribution in [-0.4, -0.2) is 18.4 Å². The van der Waals surface area contributed by atoms with Crippen molar-refractivity contribution in [3.63, 3.8) is 0 Å². The molecule has 1 unspecified atom stereocenters. The lowest BCUT2D eigenvalue weighted by atomic mass is 9.80. The van der Waals surface area contributed by atoms with Crippen LogP contribution in [0.3, 0.4) is 0 Å². The van der Waals surface area contributed by atoms with E-state index < -0.39 is 0 Å². The molecule has 0 saturated carbocycles. The average Bonchev–Trinajstić information content (AvgIpc) is 2.45. The van der Waals surface area contributed by atoms with Gasteiger partial charge in [0.1, 0.15) is 0 Å². The Morgan fingerprint density at radius 2 is 1.75 bits per heavy atom. The van der Waals surface area contributed by atoms with E-state index in [9.17, 15) is 9.59 Å². The predicted molar refractivity (Wildman–Crippen MR) is 100 cm³/mol. The molecule has 0 aliphatic carbocycles. The van der Waals surface area contributed by atoms with E-state index in [4.69, 9.17) is 0 Å². The van der Waals surface area contributed by atoms with Crippen LogP contribution in [0.1, 0.15) is 63.9 Å². The monoisotopic (exact) mass is 332 g/mol. The molecular formula is C20H32N2O2. The molecule has 0 fully saturated rings. The summed E-state index contributed by atoms with van der Waals surface area (Å²) in [6.07, 6.45) is 0.486. The molecule has 1 aromatic carbocycles. The van der Waals surface area contributed by atoms with Crippen molar-refractivity contribution in [2.24, 2.45) is 17.3 Å². The molecule has 0 aliphatic heterocycles. The maximum absolute atomic E-state index is 12.2. The number of benzene rings is 1. The number of carbonyl (C=O) groups excluding carboxylic acids is 2. The highest BCUT2D eigenvalue weighted by Crippen LogP contribution is 2.28. The average molecular weight is 332 g/mol. The Morgan fingerprint density at radius 3 is 2.25 bits per heavy atom. The highest BCUT2D eigenvalue weighted by atomic mass is 16.2. The number of anilines is 1. The van der Waals surface area contributed by atoms with Gasteiger partial charge in [-0.15, -0.1) is 0 Å². The first kappa shape index (κ1) is 20.2. The lowest BCUT2D eigenvalue weighted by Crippen LogP contribution is -2.27. The van der Waals surface area contributed by atoms with Crippen molar-refractivity contribution in [3.05, 3.63) is 29.3 Å². The fourth-order valence-corrected chi connectivity index (χ4v) is 2.13. The van der Waals surface area contributed by atoms with Gasteiger partial charge in [0.05, 0.1) is 0 Å². The van der Waals surface area contributed by atoms with Gasteiger partial charge in [0.25, 0.3) is 5.91 Å². The molecule has 134 valence electrons. The minimum absolute atomic E-state index is 0.0116. The van der Waals surface area contributed by atoms with Gasteiger partial charge in [-0.05, 0) is 47.9 Å². The first-order valence-corrected chi connectivity index (χ1v) is 8.69. The van der Waals surface area contributed by atoms with E-state index >= 15 is 0 Å². The van der Waals surface area contributed by atoms with E-state index in [0.29, 0.717) is 30.4 Å². The maximum atomic E-state index is 12.2. The molecular weight excluding hydrogens is 300 g/mol. The second-order valence-electron chi connectivity index (χ2n) is 8.15. The Kier molecular flexibility index (Phi) is 7.00. The number of carbonyl (C=O) groups is 2. The van der Waals surface area contributed by atoms with Gasteiger partial charge in [0.2, 0.25) is 5.91 Å². The fraction of sp³-hybridized carbons (Fsp3) is 0.600. The van der Waals surface area contributed by atoms with Crippen LogP contribution >= 0.6 is 0 Å². The quantitative estimate of drug-likeness (QED) is 0.811. The maximum Gasteiger partial charge on any atom is 0.251 e. The number of amides is 2. The first-order chi connectivity index (χ1) is 11.0. The third-order valence-electron chi connectivity index (χ3n) is 4.40. The second kappa shape index (κ2) is 8.32. The second-order valence-corrected chi connectivity index (χ2v) is 8.15. The summed E-state index contributed by atoms with van der Waals surface area (Å²) in [7, 11) is 0. The van der Waals surface area contributed by atoms with Crippen LogP contribution in [0, 0.1) is 24.2 Å². The van der Waals surface area contributed by atoms with Gasteiger partial charge in [0.15, 0.2) is 0 Å². The summed E-state index contributed by atoms with van der Waals surface area (Å²) in [6.45, 7) is 15.2. The lowest BCUT2D eigenvalue weighted by molar-refractivity contribution is -0.117. The minimum Gasteiger partial charge on any atom is -0.352 e. The summed E-state index contributed by atoms with van der Waals surface area (Å²) in [5.74, 6) is 0.640. The van der Waals surface area contributed by atoms with E-state index in [-0.39, 0.29) is 17.2 Å². The number of rotatable bonds is 6. The zero-order valence-corrected chi connectivity index (χ0v) is 16.1. The molecule has 1 aromatic rings. The predicted octanol–water partition coefficient (Wildman–Crippen LogP) is 4.39. The summed E-state index contributed by atoms with van der Waals surface area (Å²) in [4.78, 5) is 24.3. The summed E-state index contributed by atoms with van der Waals surface area (Å²) < 4.78 is 0. The lowest BCUT2D eigenvalue weighted by Gasteiger charge is -2.26. The fourth-order valence-electron chi connectivity index (χ4n) is 2.13. The summed E-state index contributed by atoms with van der Waals surface area (Å²) in [6, 6.07) is 5.38. The molecule has 4 nitrogen and oxygen atoms in total. The number of aryl methyl sites for hydroxylation is 1. The van der Waals surface area contributed by atoms with Crippen molar-refractivity contribution in [2.45, 2.75) is 54.9 Å². The molecule has 4 heteroatoms. The number of hydrogen-bond donors (Lipinski definition) is 2. The van der Waals surface area contributed by atoms with Crippen molar-refractivity contribution in [3.8, 4) is 0 Å². The Hall–Kier alpha value is -1.84. The van der Waals surface area contributed by atoms with E-state index in [1.54, 1.807) is 12.1 Å². The Balaban J connectivity index is 2.71. The number of nitrogens with one attached hydrogen (secondary N) is 2. The van der Waals surface area contributed by atoms with Gasteiger partial charge >= 0.3 is 0 Å². The van der Waals surface area contributed by atoms with Gasteiger partial charge in [-0.25, -0.2) is 0 Å². The van der Waals surface area contributed by atoms with Crippen LogP contribution in [0.5, 0.6) is 0 Å². The van der Waals surface area contributed by atoms with E-state index in [0.717, 1.165) is 11.3 Å². The standard InChI is InChI=1S/C20H32N2O2/c1-13(2)12-21-19(24)16-8-9-17(14(3)10-16)22-18(23)11-15(4)20(5,6)7/h8-10,13,15H,11-12H2,1-7H3,(H,21,24)(H,22,23). The number of hydrogen-bond acceptors (Lipinski definition) is 2. The van der Waals surface area contributed by atoms with Crippen LogP contribution in [0.2, 0.25) is 0 Å². The van der Waals surface area contributed by atoms with Gasteiger partial charge < -0.3 is 10.6 Å². The van der Waals surface area contributed by atoms with Crippen LogP contribution < -0.4 is 10.6 Å². The third-order valence-corrected chi connectivity index (χ3v) is 4.40. The third kappa shape index (κ3) is 6.34. The van der Waals surface area contributed by atoms with E-state index in [1.165, 1.54) is 0 Å². The Labute approximate surface area is 146 Å². The van der Waals surface area contributed by atoms with Crippen LogP contribution in [0.25, 0.3) is 0 Å². The molecule has 2 amide bonds. The van der Waals surface area contributed by atoms with Crippen LogP contribution in [0.15, 0.2) is 18.2 Å². The van der Waals surface area contributed by atoms with Crippen molar-refractivity contribution in [2.75, 3.05) is 11.9 Å². The zero-order chi connectivity index (χ0) is 18.5. The molecule has 2 N–H and O–H groups in total. The van der Waals surface area contributed by atoms with E-state index in [2.05, 4.69) is 52.2 Å². The molecule has 0 aromatic heterocycles. The first-order valence-electron chi connectivity index (χ1n) is 8.69. The zero-order valence-electron chi connectivity index (χ0n) is 16.1. The normalized spacial score (nSPS) is 12.8. The molecule has 24 heavy (non-hydrogen) atoms. The van der Waals surface area contributed by atoms with Crippen molar-refractivity contribution >= 4 is 17.5 Å². The Morgan fingerprint density at radius 1 is 1.12 bits per heavy atom. The highest BCUT2D eigenvalue weighted by molar-refractivity contribution is 5.96. The van der Waals surface area contributed by atoms with Gasteiger partial charge in [-0.2, -0.15) is 0 Å². The largest absolute Gasteiger partial charge is 0.352 e. The van der Waals surface area contributed by atoms with Crippen molar-refractivity contribution in [1.29, 1.82) is 0 Å². The molecule has 0 aliphatic rings. The molecule has 1 atom stereocenters. The topological polar surface area (TPSA) is 58.2 Å².